The highest BCUT2D eigenvalue weighted by Gasteiger charge is 2.61. The van der Waals surface area contributed by atoms with Gasteiger partial charge in [-0.1, -0.05) is 12.1 Å². The van der Waals surface area contributed by atoms with Crippen LogP contribution >= 0.6 is 0 Å². The molecule has 0 fully saturated rings. The molecule has 1 aliphatic rings. The Morgan fingerprint density at radius 2 is 1.73 bits per heavy atom. The van der Waals surface area contributed by atoms with Gasteiger partial charge in [0, 0.05) is 6.21 Å². The fourth-order valence-corrected chi connectivity index (χ4v) is 1.37. The minimum Gasteiger partial charge on any atom is -0.497 e. The number of hydrogen-bond acceptors (Lipinski definition) is 2. The van der Waals surface area contributed by atoms with Gasteiger partial charge in [0.05, 0.1) is 7.11 Å². The molecular weight excluding hydrogens is 207 g/mol. The quantitative estimate of drug-likeness (QED) is 0.742. The molecule has 15 heavy (non-hydrogen) atoms. The van der Waals surface area contributed by atoms with Crippen LogP contribution in [0.3, 0.4) is 0 Å². The SMILES string of the molecule is COc1ccc(C2(C(F)(F)F)C=N2)cc1. The zero-order valence-corrected chi connectivity index (χ0v) is 7.88. The molecule has 1 aromatic rings. The van der Waals surface area contributed by atoms with Gasteiger partial charge >= 0.3 is 6.18 Å². The summed E-state index contributed by atoms with van der Waals surface area (Å²) < 4.78 is 42.7. The van der Waals surface area contributed by atoms with E-state index in [-0.39, 0.29) is 5.56 Å². The monoisotopic (exact) mass is 215 g/mol. The first-order valence-corrected chi connectivity index (χ1v) is 4.27. The van der Waals surface area contributed by atoms with E-state index in [1.807, 2.05) is 0 Å². The van der Waals surface area contributed by atoms with Crippen molar-refractivity contribution in [2.45, 2.75) is 11.7 Å². The van der Waals surface area contributed by atoms with Crippen molar-refractivity contribution in [2.75, 3.05) is 7.11 Å². The number of hydrogen-bond donors (Lipinski definition) is 0. The average molecular weight is 215 g/mol. The van der Waals surface area contributed by atoms with Gasteiger partial charge in [-0.25, -0.2) is 0 Å². The number of nitrogens with zero attached hydrogens (tertiary/aromatic N) is 1. The van der Waals surface area contributed by atoms with Crippen LogP contribution in [0.4, 0.5) is 13.2 Å². The van der Waals surface area contributed by atoms with E-state index >= 15 is 0 Å². The summed E-state index contributed by atoms with van der Waals surface area (Å²) in [4.78, 5) is 3.34. The standard InChI is InChI=1S/C10H8F3NO/c1-15-8-4-2-7(3-5-8)9(6-14-9)10(11,12)13/h2-6H,1H3. The van der Waals surface area contributed by atoms with Crippen molar-refractivity contribution in [3.05, 3.63) is 29.8 Å². The van der Waals surface area contributed by atoms with Crippen LogP contribution in [-0.4, -0.2) is 19.5 Å². The Kier molecular flexibility index (Phi) is 1.99. The maximum Gasteiger partial charge on any atom is 0.422 e. The van der Waals surface area contributed by atoms with Crippen LogP contribution in [0.25, 0.3) is 0 Å². The summed E-state index contributed by atoms with van der Waals surface area (Å²) in [5.74, 6) is 0.525. The number of benzene rings is 1. The van der Waals surface area contributed by atoms with Crippen LogP contribution < -0.4 is 4.74 Å². The smallest absolute Gasteiger partial charge is 0.422 e. The highest BCUT2D eigenvalue weighted by molar-refractivity contribution is 5.87. The van der Waals surface area contributed by atoms with Gasteiger partial charge in [-0.2, -0.15) is 13.2 Å². The van der Waals surface area contributed by atoms with E-state index in [2.05, 4.69) is 4.99 Å². The Labute approximate surface area is 84.4 Å². The first-order valence-electron chi connectivity index (χ1n) is 4.27. The molecular formula is C10H8F3NO. The normalized spacial score (nSPS) is 24.0. The van der Waals surface area contributed by atoms with E-state index in [9.17, 15) is 13.2 Å². The lowest BCUT2D eigenvalue weighted by molar-refractivity contribution is -0.156. The summed E-state index contributed by atoms with van der Waals surface area (Å²) in [5.41, 5.74) is -1.96. The van der Waals surface area contributed by atoms with Crippen molar-refractivity contribution in [1.82, 2.24) is 0 Å². The number of ether oxygens (including phenoxy) is 1. The highest BCUT2D eigenvalue weighted by atomic mass is 19.4. The van der Waals surface area contributed by atoms with Crippen LogP contribution in [-0.2, 0) is 5.54 Å². The van der Waals surface area contributed by atoms with Gasteiger partial charge in [0.1, 0.15) is 5.75 Å². The fraction of sp³-hybridized carbons (Fsp3) is 0.300. The maximum atomic E-state index is 12.6. The molecule has 5 heteroatoms. The third-order valence-corrected chi connectivity index (χ3v) is 2.35. The summed E-state index contributed by atoms with van der Waals surface area (Å²) in [7, 11) is 1.46. The highest BCUT2D eigenvalue weighted by Crippen LogP contribution is 2.47. The van der Waals surface area contributed by atoms with Gasteiger partial charge in [-0.3, -0.25) is 4.99 Å². The number of aliphatic imine (C=N–C) groups is 1. The van der Waals surface area contributed by atoms with Crippen molar-refractivity contribution < 1.29 is 17.9 Å². The van der Waals surface area contributed by atoms with Crippen LogP contribution in [0, 0.1) is 0 Å². The Balaban J connectivity index is 2.31. The van der Waals surface area contributed by atoms with E-state index in [0.29, 0.717) is 5.75 Å². The minimum absolute atomic E-state index is 0.121. The first kappa shape index (κ1) is 10.0. The summed E-state index contributed by atoms with van der Waals surface area (Å²) >= 11 is 0. The predicted molar refractivity (Wildman–Crippen MR) is 49.2 cm³/mol. The van der Waals surface area contributed by atoms with Crippen molar-refractivity contribution in [1.29, 1.82) is 0 Å². The topological polar surface area (TPSA) is 21.6 Å². The van der Waals surface area contributed by atoms with Gasteiger partial charge in [0.25, 0.3) is 0 Å². The van der Waals surface area contributed by atoms with Gasteiger partial charge < -0.3 is 4.74 Å². The molecule has 0 spiro atoms. The van der Waals surface area contributed by atoms with Gasteiger partial charge in [-0.15, -0.1) is 0 Å². The van der Waals surface area contributed by atoms with Crippen LogP contribution in [0.5, 0.6) is 5.75 Å². The molecule has 1 atom stereocenters. The Morgan fingerprint density at radius 3 is 2.07 bits per heavy atom. The van der Waals surface area contributed by atoms with Crippen molar-refractivity contribution >= 4 is 6.21 Å². The maximum absolute atomic E-state index is 12.6. The number of methoxy groups -OCH3 is 1. The van der Waals surface area contributed by atoms with E-state index in [0.717, 1.165) is 6.21 Å². The largest absolute Gasteiger partial charge is 0.497 e. The summed E-state index contributed by atoms with van der Waals surface area (Å²) in [6, 6.07) is 5.73. The molecule has 0 amide bonds. The number of halogens is 3. The molecule has 0 saturated heterocycles. The first-order chi connectivity index (χ1) is 6.99. The number of rotatable bonds is 2. The van der Waals surface area contributed by atoms with Gasteiger partial charge in [0.2, 0.25) is 5.54 Å². The Morgan fingerprint density at radius 1 is 1.20 bits per heavy atom. The van der Waals surface area contributed by atoms with Crippen LogP contribution in [0.1, 0.15) is 5.56 Å². The third-order valence-electron chi connectivity index (χ3n) is 2.35. The molecule has 1 unspecified atom stereocenters. The zero-order chi connectivity index (χ0) is 11.1. The van der Waals surface area contributed by atoms with E-state index in [1.54, 1.807) is 0 Å². The lowest BCUT2D eigenvalue weighted by Crippen LogP contribution is -2.31. The van der Waals surface area contributed by atoms with Crippen molar-refractivity contribution in [3.8, 4) is 5.75 Å². The molecule has 0 radical (unpaired) electrons. The zero-order valence-electron chi connectivity index (χ0n) is 7.88. The molecule has 0 aromatic heterocycles. The molecule has 0 N–H and O–H groups in total. The lowest BCUT2D eigenvalue weighted by atomic mass is 9.97. The Hall–Kier alpha value is -1.52. The van der Waals surface area contributed by atoms with Gasteiger partial charge in [0.15, 0.2) is 0 Å². The predicted octanol–water partition coefficient (Wildman–Crippen LogP) is 2.54. The summed E-state index contributed by atoms with van der Waals surface area (Å²) in [6.07, 6.45) is -3.45. The molecule has 2 rings (SSSR count). The molecule has 0 bridgehead atoms. The van der Waals surface area contributed by atoms with Crippen molar-refractivity contribution in [3.63, 3.8) is 0 Å². The van der Waals surface area contributed by atoms with Crippen molar-refractivity contribution in [2.24, 2.45) is 4.99 Å². The minimum atomic E-state index is -4.36. The van der Waals surface area contributed by atoms with E-state index in [1.165, 1.54) is 31.4 Å². The summed E-state index contributed by atoms with van der Waals surface area (Å²) in [5, 5.41) is 0. The molecule has 1 heterocycles. The van der Waals surface area contributed by atoms with E-state index in [4.69, 9.17) is 4.74 Å². The van der Waals surface area contributed by atoms with Crippen LogP contribution in [0.2, 0.25) is 0 Å². The number of alkyl halides is 3. The van der Waals surface area contributed by atoms with Crippen LogP contribution in [0.15, 0.2) is 29.3 Å². The lowest BCUT2D eigenvalue weighted by Gasteiger charge is -2.17. The third kappa shape index (κ3) is 1.48. The summed E-state index contributed by atoms with van der Waals surface area (Å²) in [6.45, 7) is 0. The molecule has 1 aromatic carbocycles. The second kappa shape index (κ2) is 2.98. The fourth-order valence-electron chi connectivity index (χ4n) is 1.37. The molecule has 0 aliphatic carbocycles. The second-order valence-electron chi connectivity index (χ2n) is 3.25. The average Bonchev–Trinajstić information content (AvgIpc) is 2.98. The molecule has 1 aliphatic heterocycles. The van der Waals surface area contributed by atoms with E-state index < -0.39 is 11.7 Å². The molecule has 2 nitrogen and oxygen atoms in total. The van der Waals surface area contributed by atoms with Gasteiger partial charge in [-0.05, 0) is 17.7 Å². The molecule has 0 saturated carbocycles. The second-order valence-corrected chi connectivity index (χ2v) is 3.25. The molecule has 80 valence electrons. The Bertz CT molecular complexity index is 388.